The average Bonchev–Trinajstić information content (AvgIpc) is 2.56. The third-order valence-electron chi connectivity index (χ3n) is 2.98. The summed E-state index contributed by atoms with van der Waals surface area (Å²) in [6, 6.07) is 8.04. The molecule has 2 aromatic rings. The zero-order valence-electron chi connectivity index (χ0n) is 9.45. The molecule has 1 heterocycles. The van der Waals surface area contributed by atoms with Gasteiger partial charge in [0.05, 0.1) is 6.42 Å². The van der Waals surface area contributed by atoms with E-state index in [1.807, 2.05) is 32.0 Å². The zero-order valence-corrected chi connectivity index (χ0v) is 9.45. The zero-order chi connectivity index (χ0) is 11.7. The first kappa shape index (κ1) is 10.7. The molecule has 84 valence electrons. The molecule has 0 amide bonds. The van der Waals surface area contributed by atoms with Crippen molar-refractivity contribution in [2.45, 2.75) is 26.2 Å². The largest absolute Gasteiger partial charge is 0.481 e. The van der Waals surface area contributed by atoms with E-state index in [2.05, 4.69) is 11.1 Å². The lowest BCUT2D eigenvalue weighted by molar-refractivity contribution is -0.137. The summed E-state index contributed by atoms with van der Waals surface area (Å²) in [5.74, 6) is -0.740. The second-order valence-electron chi connectivity index (χ2n) is 4.21. The van der Waals surface area contributed by atoms with Gasteiger partial charge in [0.15, 0.2) is 0 Å². The Bertz CT molecular complexity index is 528. The fourth-order valence-electron chi connectivity index (χ4n) is 2.16. The fourth-order valence-corrected chi connectivity index (χ4v) is 2.16. The van der Waals surface area contributed by atoms with Gasteiger partial charge in [-0.1, -0.05) is 25.1 Å². The minimum absolute atomic E-state index is 0.0184. The van der Waals surface area contributed by atoms with Gasteiger partial charge in [0, 0.05) is 22.5 Å². The molecule has 1 aromatic heterocycles. The Balaban J connectivity index is 2.45. The molecule has 0 aliphatic carbocycles. The number of hydrogen-bond donors (Lipinski definition) is 2. The lowest BCUT2D eigenvalue weighted by Crippen LogP contribution is -2.04. The number of para-hydroxylation sites is 1. The number of hydrogen-bond acceptors (Lipinski definition) is 1. The number of aliphatic carboxylic acids is 1. The first-order valence-corrected chi connectivity index (χ1v) is 5.38. The lowest BCUT2D eigenvalue weighted by Gasteiger charge is -2.07. The molecule has 0 saturated heterocycles. The van der Waals surface area contributed by atoms with Gasteiger partial charge >= 0.3 is 5.97 Å². The van der Waals surface area contributed by atoms with Gasteiger partial charge in [0.1, 0.15) is 0 Å². The van der Waals surface area contributed by atoms with Gasteiger partial charge in [-0.2, -0.15) is 0 Å². The van der Waals surface area contributed by atoms with Crippen molar-refractivity contribution in [1.29, 1.82) is 0 Å². The number of rotatable bonds is 3. The summed E-state index contributed by atoms with van der Waals surface area (Å²) in [5, 5.41) is 9.97. The molecule has 16 heavy (non-hydrogen) atoms. The number of benzene rings is 1. The molecular formula is C13H15NO2. The molecule has 2 rings (SSSR count). The Morgan fingerprint density at radius 1 is 1.44 bits per heavy atom. The van der Waals surface area contributed by atoms with Gasteiger partial charge in [-0.05, 0) is 18.6 Å². The van der Waals surface area contributed by atoms with Crippen molar-refractivity contribution in [2.75, 3.05) is 0 Å². The van der Waals surface area contributed by atoms with E-state index < -0.39 is 5.97 Å². The van der Waals surface area contributed by atoms with Crippen LogP contribution < -0.4 is 0 Å². The van der Waals surface area contributed by atoms with Crippen LogP contribution in [-0.2, 0) is 4.79 Å². The van der Waals surface area contributed by atoms with Crippen molar-refractivity contribution in [3.8, 4) is 0 Å². The van der Waals surface area contributed by atoms with Crippen LogP contribution in [0, 0.1) is 6.92 Å². The number of aryl methyl sites for hydroxylation is 1. The maximum atomic E-state index is 10.7. The van der Waals surface area contributed by atoms with Gasteiger partial charge in [0.2, 0.25) is 0 Å². The summed E-state index contributed by atoms with van der Waals surface area (Å²) < 4.78 is 0. The van der Waals surface area contributed by atoms with E-state index in [1.54, 1.807) is 0 Å². The number of H-pyrrole nitrogens is 1. The second-order valence-corrected chi connectivity index (χ2v) is 4.21. The van der Waals surface area contributed by atoms with Crippen LogP contribution in [0.5, 0.6) is 0 Å². The molecule has 1 aromatic carbocycles. The molecule has 3 nitrogen and oxygen atoms in total. The van der Waals surface area contributed by atoms with Crippen LogP contribution in [0.1, 0.15) is 30.5 Å². The Hall–Kier alpha value is -1.77. The maximum Gasteiger partial charge on any atom is 0.304 e. The summed E-state index contributed by atoms with van der Waals surface area (Å²) in [4.78, 5) is 14.0. The third-order valence-corrected chi connectivity index (χ3v) is 2.98. The van der Waals surface area contributed by atoms with Gasteiger partial charge in [-0.3, -0.25) is 4.79 Å². The van der Waals surface area contributed by atoms with Crippen molar-refractivity contribution in [1.82, 2.24) is 4.98 Å². The molecule has 0 fully saturated rings. The van der Waals surface area contributed by atoms with Gasteiger partial charge in [-0.15, -0.1) is 0 Å². The maximum absolute atomic E-state index is 10.7. The Morgan fingerprint density at radius 2 is 2.12 bits per heavy atom. The molecule has 1 atom stereocenters. The standard InChI is InChI=1S/C13H15NO2/c1-8(7-12(15)16)13-9(2)10-5-3-4-6-11(10)14-13/h3-6,8,14H,7H2,1-2H3,(H,15,16). The van der Waals surface area contributed by atoms with Crippen LogP contribution in [0.3, 0.4) is 0 Å². The van der Waals surface area contributed by atoms with Crippen LogP contribution in [0.2, 0.25) is 0 Å². The summed E-state index contributed by atoms with van der Waals surface area (Å²) in [6.07, 6.45) is 0.160. The predicted octanol–water partition coefficient (Wildman–Crippen LogP) is 3.05. The third kappa shape index (κ3) is 1.81. The average molecular weight is 217 g/mol. The predicted molar refractivity (Wildman–Crippen MR) is 63.7 cm³/mol. The van der Waals surface area contributed by atoms with Gasteiger partial charge < -0.3 is 10.1 Å². The summed E-state index contributed by atoms with van der Waals surface area (Å²) in [6.45, 7) is 3.97. The summed E-state index contributed by atoms with van der Waals surface area (Å²) in [7, 11) is 0. The number of carbonyl (C=O) groups is 1. The highest BCUT2D eigenvalue weighted by Gasteiger charge is 2.15. The molecule has 3 heteroatoms. The van der Waals surface area contributed by atoms with Crippen LogP contribution in [0.25, 0.3) is 10.9 Å². The van der Waals surface area contributed by atoms with Gasteiger partial charge in [0.25, 0.3) is 0 Å². The smallest absolute Gasteiger partial charge is 0.304 e. The molecule has 0 bridgehead atoms. The van der Waals surface area contributed by atoms with Gasteiger partial charge in [-0.25, -0.2) is 0 Å². The first-order valence-electron chi connectivity index (χ1n) is 5.38. The van der Waals surface area contributed by atoms with E-state index in [1.165, 1.54) is 5.39 Å². The summed E-state index contributed by atoms with van der Waals surface area (Å²) >= 11 is 0. The highest BCUT2D eigenvalue weighted by molar-refractivity contribution is 5.84. The molecule has 2 N–H and O–H groups in total. The second kappa shape index (κ2) is 4.00. The number of fused-ring (bicyclic) bond motifs is 1. The van der Waals surface area contributed by atoms with E-state index in [4.69, 9.17) is 5.11 Å². The van der Waals surface area contributed by atoms with Crippen LogP contribution in [0.15, 0.2) is 24.3 Å². The molecule has 0 aliphatic heterocycles. The number of carboxylic acid groups (broad SMARTS) is 1. The number of nitrogens with one attached hydrogen (secondary N) is 1. The molecule has 0 aliphatic rings. The van der Waals surface area contributed by atoms with Crippen molar-refractivity contribution < 1.29 is 9.90 Å². The summed E-state index contributed by atoms with van der Waals surface area (Å²) in [5.41, 5.74) is 3.26. The van der Waals surface area contributed by atoms with Crippen molar-refractivity contribution >= 4 is 16.9 Å². The lowest BCUT2D eigenvalue weighted by atomic mass is 10.00. The number of carboxylic acids is 1. The van der Waals surface area contributed by atoms with E-state index in [0.29, 0.717) is 0 Å². The van der Waals surface area contributed by atoms with Crippen LogP contribution >= 0.6 is 0 Å². The van der Waals surface area contributed by atoms with E-state index in [9.17, 15) is 4.79 Å². The molecular weight excluding hydrogens is 202 g/mol. The van der Waals surface area contributed by atoms with Crippen LogP contribution in [0.4, 0.5) is 0 Å². The molecule has 0 spiro atoms. The minimum Gasteiger partial charge on any atom is -0.481 e. The topological polar surface area (TPSA) is 53.1 Å². The first-order chi connectivity index (χ1) is 7.59. The van der Waals surface area contributed by atoms with Crippen molar-refractivity contribution in [3.63, 3.8) is 0 Å². The van der Waals surface area contributed by atoms with E-state index in [0.717, 1.165) is 16.8 Å². The quantitative estimate of drug-likeness (QED) is 0.830. The van der Waals surface area contributed by atoms with E-state index >= 15 is 0 Å². The normalized spacial score (nSPS) is 12.9. The van der Waals surface area contributed by atoms with Crippen LogP contribution in [-0.4, -0.2) is 16.1 Å². The Morgan fingerprint density at radius 3 is 2.75 bits per heavy atom. The molecule has 1 unspecified atom stereocenters. The minimum atomic E-state index is -0.759. The fraction of sp³-hybridized carbons (Fsp3) is 0.308. The number of aromatic nitrogens is 1. The Labute approximate surface area is 94.1 Å². The highest BCUT2D eigenvalue weighted by atomic mass is 16.4. The van der Waals surface area contributed by atoms with Crippen molar-refractivity contribution in [2.24, 2.45) is 0 Å². The highest BCUT2D eigenvalue weighted by Crippen LogP contribution is 2.28. The van der Waals surface area contributed by atoms with Crippen molar-refractivity contribution in [3.05, 3.63) is 35.5 Å². The molecule has 0 saturated carbocycles. The molecule has 0 radical (unpaired) electrons. The SMILES string of the molecule is Cc1c(C(C)CC(=O)O)[nH]c2ccccc12. The number of aromatic amines is 1. The van der Waals surface area contributed by atoms with E-state index in [-0.39, 0.29) is 12.3 Å². The monoisotopic (exact) mass is 217 g/mol. The Kier molecular flexibility index (Phi) is 2.69.